The molecule has 0 amide bonds. The van der Waals surface area contributed by atoms with Gasteiger partial charge in [-0.2, -0.15) is 0 Å². The molecule has 1 aliphatic rings. The Labute approximate surface area is 181 Å². The number of carbonyl (C=O) groups is 1. The second-order valence-electron chi connectivity index (χ2n) is 8.21. The first-order valence-electron chi connectivity index (χ1n) is 10.3. The van der Waals surface area contributed by atoms with Crippen molar-refractivity contribution in [3.8, 4) is 16.9 Å². The molecule has 0 bridgehead atoms. The molecule has 1 heterocycles. The number of pyridine rings is 1. The molecule has 0 radical (unpaired) electrons. The molecule has 4 rings (SSSR count). The van der Waals surface area contributed by atoms with Gasteiger partial charge in [-0.25, -0.2) is 0 Å². The number of hydrogen-bond acceptors (Lipinski definition) is 5. The number of nitrogens with zero attached hydrogens (tertiary/aromatic N) is 1. The summed E-state index contributed by atoms with van der Waals surface area (Å²) in [6.07, 6.45) is 5.58. The fourth-order valence-electron chi connectivity index (χ4n) is 4.17. The van der Waals surface area contributed by atoms with Crippen molar-refractivity contribution in [2.75, 3.05) is 5.32 Å². The Morgan fingerprint density at radius 3 is 2.57 bits per heavy atom. The van der Waals surface area contributed by atoms with E-state index >= 15 is 0 Å². The lowest BCUT2D eigenvalue weighted by Crippen LogP contribution is -2.33. The first-order valence-corrected chi connectivity index (χ1v) is 10.7. The zero-order valence-corrected chi connectivity index (χ0v) is 18.0. The zero-order chi connectivity index (χ0) is 21.4. The number of rotatable bonds is 4. The molecule has 0 saturated heterocycles. The maximum absolute atomic E-state index is 12.3. The molecule has 1 fully saturated rings. The third-order valence-corrected chi connectivity index (χ3v) is 6.24. The number of aromatic nitrogens is 1. The van der Waals surface area contributed by atoms with Crippen LogP contribution in [0.15, 0.2) is 36.5 Å². The number of phenolic OH excluding ortho intramolecular Hbond substituents is 1. The molecule has 30 heavy (non-hydrogen) atoms. The number of aromatic hydroxyl groups is 1. The fourth-order valence-corrected chi connectivity index (χ4v) is 4.43. The number of Topliss-reactive ketones (excluding diaryl/α,β-unsaturated/α-hetero) is 1. The average molecular weight is 424 g/mol. The largest absolute Gasteiger partial charge is 0.506 e. The monoisotopic (exact) mass is 423 g/mol. The number of anilines is 1. The molecule has 1 saturated carbocycles. The normalized spacial score (nSPS) is 19.1. The number of carbonyl (C=O) groups excluding carboxylic acids is 1. The molecule has 1 aromatic heterocycles. The molecular weight excluding hydrogens is 398 g/mol. The summed E-state index contributed by atoms with van der Waals surface area (Å²) in [7, 11) is 0. The van der Waals surface area contributed by atoms with Crippen LogP contribution in [0.2, 0.25) is 5.02 Å². The third kappa shape index (κ3) is 4.00. The molecule has 3 aromatic rings. The lowest BCUT2D eigenvalue weighted by Gasteiger charge is -2.28. The number of halogens is 1. The van der Waals surface area contributed by atoms with Gasteiger partial charge in [0.15, 0.2) is 5.78 Å². The number of hydrogen-bond donors (Lipinski definition) is 3. The number of nitrogens with one attached hydrogen (secondary N) is 1. The molecule has 1 aliphatic carbocycles. The third-order valence-electron chi connectivity index (χ3n) is 5.95. The van der Waals surface area contributed by atoms with Crippen LogP contribution in [0.5, 0.6) is 5.75 Å². The molecule has 0 spiro atoms. The van der Waals surface area contributed by atoms with Crippen LogP contribution in [0.3, 0.4) is 0 Å². The number of nitrogens with two attached hydrogens (primary N) is 1. The summed E-state index contributed by atoms with van der Waals surface area (Å²) < 4.78 is 0. The maximum Gasteiger partial charge on any atom is 0.163 e. The molecule has 6 heteroatoms. The van der Waals surface area contributed by atoms with E-state index < -0.39 is 0 Å². The maximum atomic E-state index is 12.3. The van der Waals surface area contributed by atoms with E-state index in [4.69, 9.17) is 17.3 Å². The second-order valence-corrected chi connectivity index (χ2v) is 8.62. The Hall–Kier alpha value is -2.63. The Kier molecular flexibility index (Phi) is 5.67. The summed E-state index contributed by atoms with van der Waals surface area (Å²) in [4.78, 5) is 16.8. The lowest BCUT2D eigenvalue weighted by molar-refractivity contribution is 0.101. The van der Waals surface area contributed by atoms with Crippen LogP contribution >= 0.6 is 11.6 Å². The van der Waals surface area contributed by atoms with Gasteiger partial charge in [0.25, 0.3) is 0 Å². The van der Waals surface area contributed by atoms with Crippen LogP contribution in [0.25, 0.3) is 22.0 Å². The van der Waals surface area contributed by atoms with Gasteiger partial charge < -0.3 is 16.2 Å². The Balaban J connectivity index is 1.82. The number of ketones is 1. The summed E-state index contributed by atoms with van der Waals surface area (Å²) in [6.45, 7) is 3.39. The Morgan fingerprint density at radius 1 is 1.17 bits per heavy atom. The van der Waals surface area contributed by atoms with E-state index in [9.17, 15) is 9.90 Å². The summed E-state index contributed by atoms with van der Waals surface area (Å²) in [5, 5.41) is 14.8. The topological polar surface area (TPSA) is 88.2 Å². The van der Waals surface area contributed by atoms with Crippen molar-refractivity contribution in [2.24, 2.45) is 5.73 Å². The van der Waals surface area contributed by atoms with Gasteiger partial charge in [-0.3, -0.25) is 9.78 Å². The number of fused-ring (bicyclic) bond motifs is 1. The summed E-state index contributed by atoms with van der Waals surface area (Å²) in [6, 6.07) is 10.2. The van der Waals surface area contributed by atoms with Crippen molar-refractivity contribution in [3.63, 3.8) is 0 Å². The quantitative estimate of drug-likeness (QED) is 0.485. The minimum Gasteiger partial charge on any atom is -0.506 e. The molecule has 0 unspecified atom stereocenters. The highest BCUT2D eigenvalue weighted by Crippen LogP contribution is 2.36. The van der Waals surface area contributed by atoms with E-state index in [0.717, 1.165) is 53.4 Å². The molecule has 0 atom stereocenters. The highest BCUT2D eigenvalue weighted by Gasteiger charge is 2.21. The molecule has 2 aromatic carbocycles. The van der Waals surface area contributed by atoms with Crippen molar-refractivity contribution in [2.45, 2.75) is 51.6 Å². The Bertz CT molecular complexity index is 1100. The summed E-state index contributed by atoms with van der Waals surface area (Å²) in [5.41, 5.74) is 10.9. The van der Waals surface area contributed by atoms with Crippen molar-refractivity contribution >= 4 is 34.0 Å². The van der Waals surface area contributed by atoms with E-state index in [1.54, 1.807) is 19.2 Å². The van der Waals surface area contributed by atoms with Gasteiger partial charge in [-0.15, -0.1) is 0 Å². The van der Waals surface area contributed by atoms with Gasteiger partial charge in [0.05, 0.1) is 21.8 Å². The van der Waals surface area contributed by atoms with Crippen LogP contribution in [-0.2, 0) is 0 Å². The van der Waals surface area contributed by atoms with Crippen LogP contribution in [0.4, 0.5) is 5.69 Å². The predicted octanol–water partition coefficient (Wildman–Crippen LogP) is 5.45. The molecule has 0 aliphatic heterocycles. The van der Waals surface area contributed by atoms with Gasteiger partial charge in [0.2, 0.25) is 0 Å². The predicted molar refractivity (Wildman–Crippen MR) is 122 cm³/mol. The number of phenols is 1. The van der Waals surface area contributed by atoms with E-state index in [1.807, 2.05) is 31.2 Å². The molecule has 5 nitrogen and oxygen atoms in total. The van der Waals surface area contributed by atoms with Crippen molar-refractivity contribution in [3.05, 3.63) is 52.7 Å². The zero-order valence-electron chi connectivity index (χ0n) is 17.2. The van der Waals surface area contributed by atoms with Gasteiger partial charge in [0, 0.05) is 23.7 Å². The number of benzene rings is 2. The van der Waals surface area contributed by atoms with Crippen LogP contribution in [0.1, 0.15) is 48.5 Å². The fraction of sp³-hybridized carbons (Fsp3) is 0.333. The average Bonchev–Trinajstić information content (AvgIpc) is 2.73. The van der Waals surface area contributed by atoms with Crippen molar-refractivity contribution in [1.82, 2.24) is 4.98 Å². The summed E-state index contributed by atoms with van der Waals surface area (Å²) in [5.74, 6) is 0.0768. The molecule has 4 N–H and O–H groups in total. The highest BCUT2D eigenvalue weighted by molar-refractivity contribution is 6.32. The smallest absolute Gasteiger partial charge is 0.163 e. The van der Waals surface area contributed by atoms with Gasteiger partial charge in [-0.1, -0.05) is 17.7 Å². The minimum absolute atomic E-state index is 0.0201. The van der Waals surface area contributed by atoms with Crippen LogP contribution in [-0.4, -0.2) is 28.0 Å². The van der Waals surface area contributed by atoms with Gasteiger partial charge in [-0.05, 0) is 80.5 Å². The van der Waals surface area contributed by atoms with E-state index in [1.165, 1.54) is 0 Å². The molecular formula is C24H26ClN3O2. The van der Waals surface area contributed by atoms with Crippen molar-refractivity contribution < 1.29 is 9.90 Å². The van der Waals surface area contributed by atoms with Crippen LogP contribution < -0.4 is 11.1 Å². The van der Waals surface area contributed by atoms with E-state index in [0.29, 0.717) is 16.1 Å². The minimum atomic E-state index is -0.0201. The van der Waals surface area contributed by atoms with Crippen LogP contribution in [0, 0.1) is 6.92 Å². The standard InChI is InChI=1S/C24H26ClN3O2/c1-13-9-16(11-21(25)24(13)30)15-3-8-22-19(10-15)23(20(12-27-22)14(2)29)28-18-6-4-17(26)5-7-18/h3,8-12,17-18,30H,4-7,26H2,1-2H3,(H,27,28). The van der Waals surface area contributed by atoms with Gasteiger partial charge >= 0.3 is 0 Å². The van der Waals surface area contributed by atoms with Crippen molar-refractivity contribution in [1.29, 1.82) is 0 Å². The Morgan fingerprint density at radius 2 is 1.90 bits per heavy atom. The molecule has 156 valence electrons. The summed E-state index contributed by atoms with van der Waals surface area (Å²) >= 11 is 6.20. The highest BCUT2D eigenvalue weighted by atomic mass is 35.5. The SMILES string of the molecule is CC(=O)c1cnc2ccc(-c3cc(C)c(O)c(Cl)c3)cc2c1NC1CCC(N)CC1. The van der Waals surface area contributed by atoms with E-state index in [-0.39, 0.29) is 23.6 Å². The second kappa shape index (κ2) is 8.25. The van der Waals surface area contributed by atoms with Gasteiger partial charge in [0.1, 0.15) is 5.75 Å². The number of aryl methyl sites for hydroxylation is 1. The van der Waals surface area contributed by atoms with E-state index in [2.05, 4.69) is 10.3 Å². The first-order chi connectivity index (χ1) is 14.3. The first kappa shape index (κ1) is 20.6. The lowest BCUT2D eigenvalue weighted by atomic mass is 9.91.